The van der Waals surface area contributed by atoms with Gasteiger partial charge in [0.25, 0.3) is 0 Å². The average molecular weight is 178 g/mol. The Hall–Kier alpha value is 1.09. The molecule has 0 heterocycles. The van der Waals surface area contributed by atoms with Crippen molar-refractivity contribution >= 4 is 41.2 Å². The third-order valence-corrected chi connectivity index (χ3v) is 3.11. The van der Waals surface area contributed by atoms with E-state index >= 15 is 0 Å². The molecule has 44 valence electrons. The summed E-state index contributed by atoms with van der Waals surface area (Å²) >= 11 is 16.5. The molecule has 0 nitrogen and oxygen atoms in total. The van der Waals surface area contributed by atoms with E-state index in [4.69, 9.17) is 33.8 Å². The molecule has 4 heteroatoms. The van der Waals surface area contributed by atoms with E-state index in [-0.39, 0.29) is 5.38 Å². The molecule has 0 aromatic rings. The van der Waals surface area contributed by atoms with Crippen LogP contribution in [0.15, 0.2) is 0 Å². The Labute approximate surface area is 59.8 Å². The van der Waals surface area contributed by atoms with Crippen LogP contribution in [-0.2, 0) is 0 Å². The van der Waals surface area contributed by atoms with Gasteiger partial charge in [0.2, 0.25) is 7.42 Å². The maximum atomic E-state index is 5.54. The summed E-state index contributed by atoms with van der Waals surface area (Å²) in [6.45, 7) is 1.90. The maximum Gasteiger partial charge on any atom is 0.238 e. The van der Waals surface area contributed by atoms with Crippen molar-refractivity contribution in [3.8, 4) is 0 Å². The molecule has 0 rings (SSSR count). The van der Waals surface area contributed by atoms with Gasteiger partial charge in [0.15, 0.2) is 0 Å². The van der Waals surface area contributed by atoms with Crippen LogP contribution in [0.1, 0.15) is 6.92 Å². The Morgan fingerprint density at radius 3 is 2.00 bits per heavy atom. The maximum absolute atomic E-state index is 5.54. The van der Waals surface area contributed by atoms with Gasteiger partial charge in [-0.05, 0) is 13.0 Å². The highest BCUT2D eigenvalue weighted by molar-refractivity contribution is 7.33. The van der Waals surface area contributed by atoms with Crippen molar-refractivity contribution in [1.29, 1.82) is 0 Å². The normalized spacial score (nSPS) is 15.0. The van der Waals surface area contributed by atoms with Crippen molar-refractivity contribution in [2.45, 2.75) is 18.3 Å². The van der Waals surface area contributed by atoms with E-state index < -0.39 is 7.42 Å². The van der Waals surface area contributed by atoms with E-state index in [1.165, 1.54) is 0 Å². The lowest BCUT2D eigenvalue weighted by Crippen LogP contribution is -1.99. The van der Waals surface area contributed by atoms with Crippen LogP contribution in [0, 0.1) is 0 Å². The molecule has 1 unspecified atom stereocenters. The number of alkyl halides is 1. The molecule has 7 heavy (non-hydrogen) atoms. The van der Waals surface area contributed by atoms with Crippen molar-refractivity contribution in [3.05, 3.63) is 0 Å². The molecule has 0 bridgehead atoms. The summed E-state index contributed by atoms with van der Waals surface area (Å²) in [4.78, 5) is 0. The standard InChI is InChI=1S/C3H7Cl3Si/c1-3(4)2-7(5)6/h3,7H,2H2,1H3. The Morgan fingerprint density at radius 1 is 1.57 bits per heavy atom. The van der Waals surface area contributed by atoms with Crippen LogP contribution in [0.4, 0.5) is 0 Å². The van der Waals surface area contributed by atoms with Gasteiger partial charge in [0.1, 0.15) is 0 Å². The molecular formula is C3H7Cl3Si. The van der Waals surface area contributed by atoms with Crippen LogP contribution >= 0.6 is 33.8 Å². The molecule has 1 atom stereocenters. The quantitative estimate of drug-likeness (QED) is 0.345. The van der Waals surface area contributed by atoms with Crippen LogP contribution in [0.2, 0.25) is 6.04 Å². The molecule has 0 aromatic carbocycles. The van der Waals surface area contributed by atoms with E-state index in [0.29, 0.717) is 0 Å². The molecule has 0 saturated heterocycles. The smallest absolute Gasteiger partial charge is 0.150 e. The van der Waals surface area contributed by atoms with Gasteiger partial charge in [0, 0.05) is 5.38 Å². The molecule has 0 aliphatic carbocycles. The lowest BCUT2D eigenvalue weighted by molar-refractivity contribution is 1.09. The molecular weight excluding hydrogens is 170 g/mol. The van der Waals surface area contributed by atoms with Gasteiger partial charge in [-0.3, -0.25) is 0 Å². The van der Waals surface area contributed by atoms with Crippen LogP contribution in [0.25, 0.3) is 0 Å². The van der Waals surface area contributed by atoms with Gasteiger partial charge in [-0.15, -0.1) is 11.6 Å². The molecule has 0 fully saturated rings. The molecule has 0 aliphatic rings. The highest BCUT2D eigenvalue weighted by atomic mass is 35.7. The fourth-order valence-corrected chi connectivity index (χ4v) is 3.42. The summed E-state index contributed by atoms with van der Waals surface area (Å²) in [7, 11) is -1.42. The monoisotopic (exact) mass is 176 g/mol. The van der Waals surface area contributed by atoms with Gasteiger partial charge in [-0.1, -0.05) is 0 Å². The second-order valence-corrected chi connectivity index (χ2v) is 7.24. The first kappa shape index (κ1) is 8.09. The Morgan fingerprint density at radius 2 is 2.00 bits per heavy atom. The minimum absolute atomic E-state index is 0.145. The third-order valence-electron chi connectivity index (χ3n) is 0.503. The Balaban J connectivity index is 2.95. The average Bonchev–Trinajstić information content (AvgIpc) is 1.27. The van der Waals surface area contributed by atoms with Gasteiger partial charge < -0.3 is 0 Å². The summed E-state index contributed by atoms with van der Waals surface area (Å²) in [5.41, 5.74) is 0. The van der Waals surface area contributed by atoms with Crippen molar-refractivity contribution in [1.82, 2.24) is 0 Å². The third kappa shape index (κ3) is 7.09. The van der Waals surface area contributed by atoms with E-state index in [0.717, 1.165) is 6.04 Å². The molecule has 0 aromatic heterocycles. The van der Waals surface area contributed by atoms with E-state index in [1.54, 1.807) is 0 Å². The van der Waals surface area contributed by atoms with Crippen molar-refractivity contribution in [2.24, 2.45) is 0 Å². The van der Waals surface area contributed by atoms with Gasteiger partial charge >= 0.3 is 0 Å². The number of rotatable bonds is 2. The topological polar surface area (TPSA) is 0 Å². The first-order valence-corrected chi connectivity index (χ1v) is 6.79. The van der Waals surface area contributed by atoms with Crippen LogP contribution in [0.3, 0.4) is 0 Å². The summed E-state index contributed by atoms with van der Waals surface area (Å²) in [5, 5.41) is 0.145. The minimum Gasteiger partial charge on any atom is -0.150 e. The fourth-order valence-electron chi connectivity index (χ4n) is 0.246. The summed E-state index contributed by atoms with van der Waals surface area (Å²) in [6, 6.07) is 0.796. The molecule has 0 amide bonds. The number of hydrogen-bond acceptors (Lipinski definition) is 0. The lowest BCUT2D eigenvalue weighted by atomic mass is 10.6. The molecule has 0 N–H and O–H groups in total. The van der Waals surface area contributed by atoms with Gasteiger partial charge in [-0.25, -0.2) is 0 Å². The molecule has 0 saturated carbocycles. The van der Waals surface area contributed by atoms with E-state index in [1.807, 2.05) is 6.92 Å². The Bertz CT molecular complexity index is 39.4. The Kier molecular flexibility index (Phi) is 4.64. The highest BCUT2D eigenvalue weighted by Gasteiger charge is 2.04. The summed E-state index contributed by atoms with van der Waals surface area (Å²) in [6.07, 6.45) is 0. The number of hydrogen-bond donors (Lipinski definition) is 0. The minimum atomic E-state index is -1.42. The van der Waals surface area contributed by atoms with Gasteiger partial charge in [0.05, 0.1) is 0 Å². The predicted molar refractivity (Wildman–Crippen MR) is 39.0 cm³/mol. The number of halogens is 3. The van der Waals surface area contributed by atoms with E-state index in [9.17, 15) is 0 Å². The SMILES string of the molecule is CC(Cl)C[SiH](Cl)Cl. The van der Waals surface area contributed by atoms with Crippen LogP contribution in [-0.4, -0.2) is 12.8 Å². The van der Waals surface area contributed by atoms with Crippen molar-refractivity contribution < 1.29 is 0 Å². The summed E-state index contributed by atoms with van der Waals surface area (Å²) < 4.78 is 0. The highest BCUT2D eigenvalue weighted by Crippen LogP contribution is 2.10. The van der Waals surface area contributed by atoms with Crippen LogP contribution in [0.5, 0.6) is 0 Å². The van der Waals surface area contributed by atoms with E-state index in [2.05, 4.69) is 0 Å². The lowest BCUT2D eigenvalue weighted by Gasteiger charge is -1.97. The fraction of sp³-hybridized carbons (Fsp3) is 1.00. The molecule has 0 aliphatic heterocycles. The van der Waals surface area contributed by atoms with Gasteiger partial charge in [-0.2, -0.15) is 22.2 Å². The van der Waals surface area contributed by atoms with Crippen LogP contribution < -0.4 is 0 Å². The predicted octanol–water partition coefficient (Wildman–Crippen LogP) is 2.31. The zero-order chi connectivity index (χ0) is 5.86. The zero-order valence-electron chi connectivity index (χ0n) is 4.00. The first-order valence-electron chi connectivity index (χ1n) is 2.05. The molecule has 0 spiro atoms. The molecule has 0 radical (unpaired) electrons. The second-order valence-electron chi connectivity index (χ2n) is 1.41. The second kappa shape index (κ2) is 4.01. The first-order chi connectivity index (χ1) is 3.13. The zero-order valence-corrected chi connectivity index (χ0v) is 7.42. The largest absolute Gasteiger partial charge is 0.238 e. The summed E-state index contributed by atoms with van der Waals surface area (Å²) in [5.74, 6) is 0. The van der Waals surface area contributed by atoms with Crippen molar-refractivity contribution in [3.63, 3.8) is 0 Å². The van der Waals surface area contributed by atoms with Crippen molar-refractivity contribution in [2.75, 3.05) is 0 Å².